The van der Waals surface area contributed by atoms with E-state index in [2.05, 4.69) is 4.74 Å². The van der Waals surface area contributed by atoms with Gasteiger partial charge in [-0.05, 0) is 0 Å². The van der Waals surface area contributed by atoms with E-state index in [-0.39, 0.29) is 0 Å². The van der Waals surface area contributed by atoms with Crippen LogP contribution in [0.2, 0.25) is 0 Å². The third kappa shape index (κ3) is 6.23. The maximum Gasteiger partial charge on any atom is 0.347 e. The molecular formula is C6H6Cl3FO4. The van der Waals surface area contributed by atoms with Crippen molar-refractivity contribution in [1.82, 2.24) is 0 Å². The van der Waals surface area contributed by atoms with Crippen LogP contribution in [0, 0.1) is 0 Å². The smallest absolute Gasteiger partial charge is 0.347 e. The molecule has 0 spiro atoms. The third-order valence-electron chi connectivity index (χ3n) is 1.03. The molecule has 4 nitrogen and oxygen atoms in total. The minimum absolute atomic E-state index is 0.637. The first-order valence-electron chi connectivity index (χ1n) is 3.31. The summed E-state index contributed by atoms with van der Waals surface area (Å²) < 4.78 is 14.2. The summed E-state index contributed by atoms with van der Waals surface area (Å²) in [5, 5.41) is 8.30. The van der Waals surface area contributed by atoms with Gasteiger partial charge in [0.05, 0.1) is 6.42 Å². The second kappa shape index (κ2) is 5.58. The molecule has 1 unspecified atom stereocenters. The highest BCUT2D eigenvalue weighted by Gasteiger charge is 2.29. The molecule has 0 saturated heterocycles. The molecule has 0 aromatic rings. The summed E-state index contributed by atoms with van der Waals surface area (Å²) in [6.07, 6.45) is -2.49. The zero-order valence-electron chi connectivity index (χ0n) is 6.68. The molecule has 0 aliphatic heterocycles. The quantitative estimate of drug-likeness (QED) is 0.622. The zero-order chi connectivity index (χ0) is 11.4. The lowest BCUT2D eigenvalue weighted by Gasteiger charge is -2.13. The van der Waals surface area contributed by atoms with Crippen molar-refractivity contribution >= 4 is 46.7 Å². The van der Waals surface area contributed by atoms with Gasteiger partial charge in [0.15, 0.2) is 0 Å². The minimum Gasteiger partial charge on any atom is -0.478 e. The van der Waals surface area contributed by atoms with Gasteiger partial charge in [-0.15, -0.1) is 0 Å². The first-order valence-corrected chi connectivity index (χ1v) is 4.44. The molecule has 1 atom stereocenters. The van der Waals surface area contributed by atoms with Gasteiger partial charge in [0.2, 0.25) is 9.90 Å². The van der Waals surface area contributed by atoms with Crippen LogP contribution in [0.5, 0.6) is 0 Å². The standard InChI is InChI=1S/C6H6Cl3FO4/c7-6(8,9)1-4(11)14-3(2-10)5(12)13/h3H,1-2H2,(H,12,13). The molecule has 0 bridgehead atoms. The molecule has 0 rings (SSSR count). The number of aliphatic carboxylic acids is 1. The number of carbonyl (C=O) groups excluding carboxylic acids is 1. The largest absolute Gasteiger partial charge is 0.478 e. The number of rotatable bonds is 4. The summed E-state index contributed by atoms with van der Waals surface area (Å²) in [5.41, 5.74) is 0. The van der Waals surface area contributed by atoms with Crippen molar-refractivity contribution in [2.75, 3.05) is 6.67 Å². The van der Waals surface area contributed by atoms with Crippen molar-refractivity contribution in [3.63, 3.8) is 0 Å². The molecule has 14 heavy (non-hydrogen) atoms. The van der Waals surface area contributed by atoms with Gasteiger partial charge < -0.3 is 9.84 Å². The summed E-state index contributed by atoms with van der Waals surface area (Å²) in [7, 11) is 0. The number of alkyl halides is 4. The Hall–Kier alpha value is -0.260. The van der Waals surface area contributed by atoms with Gasteiger partial charge in [-0.3, -0.25) is 4.79 Å². The Morgan fingerprint density at radius 2 is 1.93 bits per heavy atom. The highest BCUT2D eigenvalue weighted by molar-refractivity contribution is 6.68. The van der Waals surface area contributed by atoms with E-state index in [0.29, 0.717) is 0 Å². The van der Waals surface area contributed by atoms with Gasteiger partial charge in [-0.2, -0.15) is 0 Å². The van der Waals surface area contributed by atoms with Crippen molar-refractivity contribution in [3.8, 4) is 0 Å². The predicted molar refractivity (Wildman–Crippen MR) is 48.4 cm³/mol. The highest BCUT2D eigenvalue weighted by atomic mass is 35.6. The number of hydrogen-bond acceptors (Lipinski definition) is 3. The molecule has 82 valence electrons. The number of carbonyl (C=O) groups is 2. The van der Waals surface area contributed by atoms with Crippen molar-refractivity contribution < 1.29 is 23.8 Å². The van der Waals surface area contributed by atoms with Crippen LogP contribution in [0.4, 0.5) is 4.39 Å². The molecule has 0 aliphatic rings. The number of esters is 1. The number of carboxylic acids is 1. The molecule has 0 heterocycles. The summed E-state index contributed by atoms with van der Waals surface area (Å²) in [4.78, 5) is 21.0. The van der Waals surface area contributed by atoms with E-state index in [1.54, 1.807) is 0 Å². The van der Waals surface area contributed by atoms with Crippen LogP contribution >= 0.6 is 34.8 Å². The molecule has 0 aromatic carbocycles. The Labute approximate surface area is 93.9 Å². The average Bonchev–Trinajstić information content (AvgIpc) is 1.96. The van der Waals surface area contributed by atoms with Crippen molar-refractivity contribution in [2.45, 2.75) is 16.3 Å². The number of halogens is 4. The lowest BCUT2D eigenvalue weighted by atomic mass is 10.4. The predicted octanol–water partition coefficient (Wildman–Crippen LogP) is 1.71. The third-order valence-corrected chi connectivity index (χ3v) is 1.43. The molecule has 0 saturated carbocycles. The van der Waals surface area contributed by atoms with E-state index in [0.717, 1.165) is 0 Å². The Morgan fingerprint density at radius 3 is 2.21 bits per heavy atom. The number of carboxylic acid groups (broad SMARTS) is 1. The zero-order valence-corrected chi connectivity index (χ0v) is 8.94. The minimum atomic E-state index is -1.88. The summed E-state index contributed by atoms with van der Waals surface area (Å²) in [6, 6.07) is 0. The first-order chi connectivity index (χ1) is 6.26. The van der Waals surface area contributed by atoms with Crippen LogP contribution in [0.1, 0.15) is 6.42 Å². The molecule has 0 amide bonds. The van der Waals surface area contributed by atoms with Crippen LogP contribution in [-0.2, 0) is 14.3 Å². The average molecular weight is 267 g/mol. The number of hydrogen-bond donors (Lipinski definition) is 1. The van der Waals surface area contributed by atoms with Crippen LogP contribution < -0.4 is 0 Å². The van der Waals surface area contributed by atoms with E-state index >= 15 is 0 Å². The topological polar surface area (TPSA) is 63.6 Å². The molecule has 1 N–H and O–H groups in total. The van der Waals surface area contributed by atoms with Gasteiger partial charge in [-0.25, -0.2) is 9.18 Å². The van der Waals surface area contributed by atoms with Gasteiger partial charge in [0.25, 0.3) is 0 Å². The molecule has 0 fully saturated rings. The summed E-state index contributed by atoms with van der Waals surface area (Å²) in [6.45, 7) is -1.33. The Kier molecular flexibility index (Phi) is 5.48. The fourth-order valence-corrected chi connectivity index (χ4v) is 0.839. The van der Waals surface area contributed by atoms with Crippen LogP contribution in [0.3, 0.4) is 0 Å². The van der Waals surface area contributed by atoms with Gasteiger partial charge >= 0.3 is 11.9 Å². The molecule has 0 aliphatic carbocycles. The van der Waals surface area contributed by atoms with Crippen molar-refractivity contribution in [1.29, 1.82) is 0 Å². The molecule has 0 radical (unpaired) electrons. The molecule has 0 aromatic heterocycles. The second-order valence-electron chi connectivity index (χ2n) is 2.26. The van der Waals surface area contributed by atoms with Crippen LogP contribution in [0.15, 0.2) is 0 Å². The first kappa shape index (κ1) is 13.7. The Balaban J connectivity index is 4.11. The van der Waals surface area contributed by atoms with E-state index in [4.69, 9.17) is 39.9 Å². The molecular weight excluding hydrogens is 261 g/mol. The van der Waals surface area contributed by atoms with Crippen LogP contribution in [0.25, 0.3) is 0 Å². The lowest BCUT2D eigenvalue weighted by Crippen LogP contribution is -2.30. The van der Waals surface area contributed by atoms with Crippen molar-refractivity contribution in [2.24, 2.45) is 0 Å². The van der Waals surface area contributed by atoms with Gasteiger partial charge in [0.1, 0.15) is 6.67 Å². The summed E-state index contributed by atoms with van der Waals surface area (Å²) >= 11 is 15.7. The fourth-order valence-electron chi connectivity index (χ4n) is 0.512. The van der Waals surface area contributed by atoms with Crippen molar-refractivity contribution in [3.05, 3.63) is 0 Å². The van der Waals surface area contributed by atoms with Crippen LogP contribution in [-0.4, -0.2) is 33.6 Å². The maximum absolute atomic E-state index is 11.9. The lowest BCUT2D eigenvalue weighted by molar-refractivity contribution is -0.164. The number of ether oxygens (including phenoxy) is 1. The monoisotopic (exact) mass is 266 g/mol. The van der Waals surface area contributed by atoms with E-state index in [1.807, 2.05) is 0 Å². The molecule has 8 heteroatoms. The fraction of sp³-hybridized carbons (Fsp3) is 0.667. The highest BCUT2D eigenvalue weighted by Crippen LogP contribution is 2.30. The van der Waals surface area contributed by atoms with Gasteiger partial charge in [0, 0.05) is 0 Å². The SMILES string of the molecule is O=C(CC(Cl)(Cl)Cl)OC(CF)C(=O)O. The Morgan fingerprint density at radius 1 is 1.43 bits per heavy atom. The van der Waals surface area contributed by atoms with Gasteiger partial charge in [-0.1, -0.05) is 34.8 Å². The van der Waals surface area contributed by atoms with E-state index in [1.165, 1.54) is 0 Å². The normalized spacial score (nSPS) is 13.4. The second-order valence-corrected chi connectivity index (χ2v) is 4.78. The van der Waals surface area contributed by atoms with E-state index in [9.17, 15) is 14.0 Å². The van der Waals surface area contributed by atoms with E-state index < -0.39 is 34.9 Å². The Bertz CT molecular complexity index is 228. The maximum atomic E-state index is 11.9. The summed E-state index contributed by atoms with van der Waals surface area (Å²) in [5.74, 6) is -2.68.